The number of aliphatic imine (C=N–C) groups is 1. The van der Waals surface area contributed by atoms with Crippen molar-refractivity contribution >= 4 is 29.9 Å². The van der Waals surface area contributed by atoms with Crippen molar-refractivity contribution in [3.63, 3.8) is 0 Å². The van der Waals surface area contributed by atoms with Gasteiger partial charge in [-0.15, -0.1) is 24.0 Å². The molecular weight excluding hydrogens is 515 g/mol. The number of para-hydroxylation sites is 1. The van der Waals surface area contributed by atoms with Crippen LogP contribution in [0.15, 0.2) is 53.5 Å². The van der Waals surface area contributed by atoms with Crippen molar-refractivity contribution in [3.05, 3.63) is 59.7 Å². The third kappa shape index (κ3) is 5.86. The second kappa shape index (κ2) is 11.7. The number of ether oxygens (including phenoxy) is 1. The van der Waals surface area contributed by atoms with Gasteiger partial charge in [-0.1, -0.05) is 42.5 Å². The van der Waals surface area contributed by atoms with Crippen molar-refractivity contribution < 1.29 is 9.84 Å². The van der Waals surface area contributed by atoms with Crippen LogP contribution < -0.4 is 15.4 Å². The standard InChI is InChI=1S/C25H34N4O2.HI/c1-3-26-25(27-16-19-10-7-11-23(31-2)24(19)30)28-20-14-21-12-13-22(15-20)29(21)17-18-8-5-4-6-9-18;/h4-11,20-22,30H,3,12-17H2,1-2H3,(H2,26,27,28);1H. The zero-order valence-electron chi connectivity index (χ0n) is 19.0. The SMILES string of the molecule is CCNC(=NCc1cccc(OC)c1O)NC1CC2CCC(C1)N2Cc1ccccc1.I. The first-order valence-corrected chi connectivity index (χ1v) is 11.4. The zero-order chi connectivity index (χ0) is 21.6. The lowest BCUT2D eigenvalue weighted by Crippen LogP contribution is -2.52. The highest BCUT2D eigenvalue weighted by Gasteiger charge is 2.40. The van der Waals surface area contributed by atoms with Gasteiger partial charge in [-0.2, -0.15) is 0 Å². The van der Waals surface area contributed by atoms with Crippen molar-refractivity contribution in [3.8, 4) is 11.5 Å². The van der Waals surface area contributed by atoms with E-state index in [4.69, 9.17) is 9.73 Å². The summed E-state index contributed by atoms with van der Waals surface area (Å²) in [7, 11) is 1.56. The maximum atomic E-state index is 10.3. The van der Waals surface area contributed by atoms with Crippen LogP contribution in [0, 0.1) is 0 Å². The van der Waals surface area contributed by atoms with E-state index in [0.29, 0.717) is 30.4 Å². The van der Waals surface area contributed by atoms with E-state index in [9.17, 15) is 5.11 Å². The highest BCUT2D eigenvalue weighted by Crippen LogP contribution is 2.37. The van der Waals surface area contributed by atoms with Crippen molar-refractivity contribution in [2.24, 2.45) is 4.99 Å². The third-order valence-corrected chi connectivity index (χ3v) is 6.49. The van der Waals surface area contributed by atoms with E-state index in [0.717, 1.165) is 37.5 Å². The summed E-state index contributed by atoms with van der Waals surface area (Å²) >= 11 is 0. The Kier molecular flexibility index (Phi) is 9.04. The summed E-state index contributed by atoms with van der Waals surface area (Å²) in [6.45, 7) is 4.33. The minimum Gasteiger partial charge on any atom is -0.504 e. The molecule has 0 saturated carbocycles. The monoisotopic (exact) mass is 550 g/mol. The Bertz CT molecular complexity index is 879. The number of nitrogens with one attached hydrogen (secondary N) is 2. The fourth-order valence-electron chi connectivity index (χ4n) is 4.98. The highest BCUT2D eigenvalue weighted by molar-refractivity contribution is 14.0. The summed E-state index contributed by atoms with van der Waals surface area (Å²) in [5.74, 6) is 1.45. The highest BCUT2D eigenvalue weighted by atomic mass is 127. The van der Waals surface area contributed by atoms with E-state index in [-0.39, 0.29) is 29.7 Å². The number of hydrogen-bond acceptors (Lipinski definition) is 4. The molecule has 2 unspecified atom stereocenters. The predicted octanol–water partition coefficient (Wildman–Crippen LogP) is 4.27. The van der Waals surface area contributed by atoms with Crippen LogP contribution in [0.2, 0.25) is 0 Å². The topological polar surface area (TPSA) is 69.1 Å². The van der Waals surface area contributed by atoms with Gasteiger partial charge in [0.1, 0.15) is 0 Å². The minimum atomic E-state index is 0. The molecule has 2 aliphatic rings. The Morgan fingerprint density at radius 1 is 1.09 bits per heavy atom. The third-order valence-electron chi connectivity index (χ3n) is 6.49. The molecule has 2 bridgehead atoms. The van der Waals surface area contributed by atoms with Crippen LogP contribution in [-0.2, 0) is 13.1 Å². The summed E-state index contributed by atoms with van der Waals surface area (Å²) < 4.78 is 5.21. The second-order valence-electron chi connectivity index (χ2n) is 8.52. The van der Waals surface area contributed by atoms with Gasteiger partial charge in [0, 0.05) is 36.8 Å². The molecule has 0 radical (unpaired) electrons. The number of phenolic OH excluding ortho intramolecular Hbond substituents is 1. The number of piperidine rings is 1. The molecule has 0 spiro atoms. The molecule has 2 aromatic rings. The fraction of sp³-hybridized carbons (Fsp3) is 0.480. The van der Waals surface area contributed by atoms with Crippen LogP contribution in [0.5, 0.6) is 11.5 Å². The Morgan fingerprint density at radius 2 is 1.81 bits per heavy atom. The van der Waals surface area contributed by atoms with E-state index in [1.807, 2.05) is 12.1 Å². The molecular formula is C25H35IN4O2. The van der Waals surface area contributed by atoms with E-state index < -0.39 is 0 Å². The summed E-state index contributed by atoms with van der Waals surface area (Å²) in [5.41, 5.74) is 2.16. The Hall–Kier alpha value is -2.00. The van der Waals surface area contributed by atoms with E-state index in [1.54, 1.807) is 13.2 Å². The Balaban J connectivity index is 0.00000289. The largest absolute Gasteiger partial charge is 0.504 e. The van der Waals surface area contributed by atoms with Crippen LogP contribution in [0.1, 0.15) is 43.7 Å². The van der Waals surface area contributed by atoms with Crippen LogP contribution in [0.25, 0.3) is 0 Å². The van der Waals surface area contributed by atoms with Gasteiger partial charge >= 0.3 is 0 Å². The van der Waals surface area contributed by atoms with Crippen molar-refractivity contribution in [2.75, 3.05) is 13.7 Å². The number of halogens is 1. The molecule has 7 heteroatoms. The number of benzene rings is 2. The van der Waals surface area contributed by atoms with Gasteiger partial charge in [0.2, 0.25) is 0 Å². The molecule has 2 saturated heterocycles. The quantitative estimate of drug-likeness (QED) is 0.273. The molecule has 2 aliphatic heterocycles. The molecule has 0 amide bonds. The molecule has 6 nitrogen and oxygen atoms in total. The second-order valence-corrected chi connectivity index (χ2v) is 8.52. The summed E-state index contributed by atoms with van der Waals surface area (Å²) in [6.07, 6.45) is 4.83. The Morgan fingerprint density at radius 3 is 2.47 bits per heavy atom. The molecule has 32 heavy (non-hydrogen) atoms. The molecule has 0 aliphatic carbocycles. The first-order valence-electron chi connectivity index (χ1n) is 11.4. The zero-order valence-corrected chi connectivity index (χ0v) is 21.3. The lowest BCUT2D eigenvalue weighted by molar-refractivity contribution is 0.114. The molecule has 174 valence electrons. The van der Waals surface area contributed by atoms with E-state index in [2.05, 4.69) is 52.8 Å². The lowest BCUT2D eigenvalue weighted by Gasteiger charge is -2.39. The van der Waals surface area contributed by atoms with Gasteiger partial charge in [-0.3, -0.25) is 4.90 Å². The average Bonchev–Trinajstić information content (AvgIpc) is 3.01. The fourth-order valence-corrected chi connectivity index (χ4v) is 4.98. The summed E-state index contributed by atoms with van der Waals surface area (Å²) in [6, 6.07) is 18.0. The van der Waals surface area contributed by atoms with E-state index in [1.165, 1.54) is 18.4 Å². The number of fused-ring (bicyclic) bond motifs is 2. The molecule has 3 N–H and O–H groups in total. The number of guanidine groups is 1. The number of aromatic hydroxyl groups is 1. The number of phenols is 1. The molecule has 2 aromatic carbocycles. The van der Waals surface area contributed by atoms with Crippen LogP contribution in [0.4, 0.5) is 0 Å². The molecule has 2 heterocycles. The van der Waals surface area contributed by atoms with Crippen LogP contribution in [0.3, 0.4) is 0 Å². The van der Waals surface area contributed by atoms with Gasteiger partial charge in [0.15, 0.2) is 17.5 Å². The maximum Gasteiger partial charge on any atom is 0.191 e. The van der Waals surface area contributed by atoms with Gasteiger partial charge in [-0.05, 0) is 44.2 Å². The van der Waals surface area contributed by atoms with Gasteiger partial charge in [-0.25, -0.2) is 4.99 Å². The summed E-state index contributed by atoms with van der Waals surface area (Å²) in [4.78, 5) is 7.44. The first-order chi connectivity index (χ1) is 15.2. The van der Waals surface area contributed by atoms with Gasteiger partial charge in [0.25, 0.3) is 0 Å². The molecule has 0 aromatic heterocycles. The Labute approximate surface area is 208 Å². The summed E-state index contributed by atoms with van der Waals surface area (Å²) in [5, 5.41) is 17.4. The van der Waals surface area contributed by atoms with Crippen molar-refractivity contribution in [1.29, 1.82) is 0 Å². The van der Waals surface area contributed by atoms with Gasteiger partial charge in [0.05, 0.1) is 13.7 Å². The van der Waals surface area contributed by atoms with Crippen LogP contribution in [-0.4, -0.2) is 47.7 Å². The van der Waals surface area contributed by atoms with E-state index >= 15 is 0 Å². The van der Waals surface area contributed by atoms with Crippen LogP contribution >= 0.6 is 24.0 Å². The number of rotatable bonds is 7. The molecule has 2 atom stereocenters. The van der Waals surface area contributed by atoms with Crippen molar-refractivity contribution in [2.45, 2.75) is 63.8 Å². The number of methoxy groups -OCH3 is 1. The normalized spacial score (nSPS) is 22.8. The minimum absolute atomic E-state index is 0. The maximum absolute atomic E-state index is 10.3. The first kappa shape index (κ1) is 24.6. The molecule has 2 fully saturated rings. The van der Waals surface area contributed by atoms with Crippen molar-refractivity contribution in [1.82, 2.24) is 15.5 Å². The smallest absolute Gasteiger partial charge is 0.191 e. The lowest BCUT2D eigenvalue weighted by atomic mass is 9.96. The van der Waals surface area contributed by atoms with Gasteiger partial charge < -0.3 is 20.5 Å². The average molecular weight is 550 g/mol. The predicted molar refractivity (Wildman–Crippen MR) is 140 cm³/mol. The number of hydrogen-bond donors (Lipinski definition) is 3. The molecule has 4 rings (SSSR count). The number of nitrogens with zero attached hydrogens (tertiary/aromatic N) is 2.